The molecule has 3 aromatic rings. The lowest BCUT2D eigenvalue weighted by molar-refractivity contribution is 0.0506. The topological polar surface area (TPSA) is 103 Å². The summed E-state index contributed by atoms with van der Waals surface area (Å²) >= 11 is 6.05. The maximum Gasteiger partial charge on any atom is 0.337 e. The van der Waals surface area contributed by atoms with E-state index in [1.165, 1.54) is 0 Å². The van der Waals surface area contributed by atoms with Crippen molar-refractivity contribution in [2.45, 2.75) is 59.4 Å². The van der Waals surface area contributed by atoms with E-state index in [1.54, 1.807) is 19.2 Å². The molecule has 0 saturated carbocycles. The van der Waals surface area contributed by atoms with Gasteiger partial charge < -0.3 is 19.8 Å². The summed E-state index contributed by atoms with van der Waals surface area (Å²) in [5.41, 5.74) is 3.77. The van der Waals surface area contributed by atoms with E-state index in [4.69, 9.17) is 16.6 Å². The zero-order chi connectivity index (χ0) is 29.1. The van der Waals surface area contributed by atoms with Gasteiger partial charge in [0.15, 0.2) is 0 Å². The molecule has 5 rings (SSSR count). The van der Waals surface area contributed by atoms with Crippen molar-refractivity contribution in [3.63, 3.8) is 0 Å². The van der Waals surface area contributed by atoms with Crippen LogP contribution >= 0.6 is 11.6 Å². The Hall–Kier alpha value is -3.72. The van der Waals surface area contributed by atoms with Crippen LogP contribution < -0.4 is 9.80 Å². The number of nitrogens with zero attached hydrogens (tertiary/aromatic N) is 6. The molecule has 0 bridgehead atoms. The number of rotatable bonds is 4. The minimum Gasteiger partial charge on any atom is -0.478 e. The standard InChI is InChI=1S/C30H35ClN6O3/c1-17-18(2)26(33-19(3)24(17)28(39)40)35-12-13-37(30(6,7)16-35)27(38)21-9-10-22-25(34-21)29(4,5)15-36(22)23-11-8-20(31)14-32-23/h8-11,14H,12-13,15-16H2,1-7H3,(H,39,40). The SMILES string of the molecule is Cc1nc(N2CCN(C(=O)c3ccc4c(n3)C(C)(C)CN4c3ccc(Cl)cn3)C(C)(C)C2)c(C)c(C)c1C(=O)O. The summed E-state index contributed by atoms with van der Waals surface area (Å²) in [5.74, 6) is 0.489. The van der Waals surface area contributed by atoms with E-state index >= 15 is 0 Å². The zero-order valence-electron chi connectivity index (χ0n) is 24.0. The Labute approximate surface area is 239 Å². The molecule has 9 nitrogen and oxygen atoms in total. The Morgan fingerprint density at radius 1 is 0.950 bits per heavy atom. The van der Waals surface area contributed by atoms with Gasteiger partial charge in [-0.25, -0.2) is 19.7 Å². The van der Waals surface area contributed by atoms with Crippen LogP contribution in [-0.2, 0) is 5.41 Å². The number of fused-ring (bicyclic) bond motifs is 1. The number of carboxylic acids is 1. The van der Waals surface area contributed by atoms with Gasteiger partial charge in [-0.15, -0.1) is 0 Å². The number of halogens is 1. The Balaban J connectivity index is 1.40. The number of carboxylic acid groups (broad SMARTS) is 1. The number of carbonyl (C=O) groups excluding carboxylic acids is 1. The number of aryl methyl sites for hydroxylation is 1. The summed E-state index contributed by atoms with van der Waals surface area (Å²) in [5, 5.41) is 10.2. The van der Waals surface area contributed by atoms with Gasteiger partial charge in [0.1, 0.15) is 17.3 Å². The molecule has 1 saturated heterocycles. The first-order chi connectivity index (χ1) is 18.7. The fourth-order valence-corrected chi connectivity index (χ4v) is 6.08. The maximum atomic E-state index is 13.9. The van der Waals surface area contributed by atoms with Crippen LogP contribution in [0, 0.1) is 20.8 Å². The highest BCUT2D eigenvalue weighted by molar-refractivity contribution is 6.30. The van der Waals surface area contributed by atoms with Gasteiger partial charge in [0.05, 0.1) is 33.2 Å². The van der Waals surface area contributed by atoms with Crippen LogP contribution in [0.15, 0.2) is 30.5 Å². The lowest BCUT2D eigenvalue weighted by Crippen LogP contribution is -2.61. The number of hydrogen-bond acceptors (Lipinski definition) is 7. The average molecular weight is 563 g/mol. The zero-order valence-corrected chi connectivity index (χ0v) is 24.8. The first kappa shape index (κ1) is 27.8. The molecular formula is C30H35ClN6O3. The van der Waals surface area contributed by atoms with E-state index in [0.717, 1.165) is 34.1 Å². The second-order valence-electron chi connectivity index (χ2n) is 12.0. The fraction of sp³-hybridized carbons (Fsp3) is 0.433. The Morgan fingerprint density at radius 3 is 2.30 bits per heavy atom. The molecule has 0 aromatic carbocycles. The minimum absolute atomic E-state index is 0.107. The maximum absolute atomic E-state index is 13.9. The van der Waals surface area contributed by atoms with Crippen LogP contribution in [0.1, 0.15) is 71.1 Å². The molecule has 0 spiro atoms. The molecule has 1 fully saturated rings. The molecule has 5 heterocycles. The van der Waals surface area contributed by atoms with Gasteiger partial charge in [-0.1, -0.05) is 25.4 Å². The minimum atomic E-state index is -0.967. The molecule has 0 aliphatic carbocycles. The van der Waals surface area contributed by atoms with Gasteiger partial charge in [-0.3, -0.25) is 4.79 Å². The van der Waals surface area contributed by atoms with Crippen molar-refractivity contribution >= 4 is 40.8 Å². The van der Waals surface area contributed by atoms with E-state index in [0.29, 0.717) is 42.6 Å². The van der Waals surface area contributed by atoms with E-state index in [2.05, 4.69) is 33.6 Å². The summed E-state index contributed by atoms with van der Waals surface area (Å²) in [6.45, 7) is 16.1. The van der Waals surface area contributed by atoms with Crippen molar-refractivity contribution < 1.29 is 14.7 Å². The first-order valence-electron chi connectivity index (χ1n) is 13.4. The molecule has 1 N–H and O–H groups in total. The van der Waals surface area contributed by atoms with Gasteiger partial charge in [0, 0.05) is 37.8 Å². The van der Waals surface area contributed by atoms with Gasteiger partial charge in [0.25, 0.3) is 5.91 Å². The monoisotopic (exact) mass is 562 g/mol. The number of aromatic nitrogens is 3. The van der Waals surface area contributed by atoms with Crippen molar-refractivity contribution in [2.75, 3.05) is 36.0 Å². The molecule has 2 aliphatic heterocycles. The van der Waals surface area contributed by atoms with Crippen LogP contribution in [0.2, 0.25) is 5.02 Å². The van der Waals surface area contributed by atoms with E-state index in [1.807, 2.05) is 50.8 Å². The molecular weight excluding hydrogens is 528 g/mol. The molecule has 1 amide bonds. The molecule has 2 aliphatic rings. The summed E-state index contributed by atoms with van der Waals surface area (Å²) < 4.78 is 0. The predicted octanol–water partition coefficient (Wildman–Crippen LogP) is 5.32. The van der Waals surface area contributed by atoms with Gasteiger partial charge >= 0.3 is 5.97 Å². The summed E-state index contributed by atoms with van der Waals surface area (Å²) in [7, 11) is 0. The Morgan fingerprint density at radius 2 is 1.68 bits per heavy atom. The van der Waals surface area contributed by atoms with E-state index in [9.17, 15) is 14.7 Å². The predicted molar refractivity (Wildman–Crippen MR) is 156 cm³/mol. The molecule has 40 heavy (non-hydrogen) atoms. The van der Waals surface area contributed by atoms with E-state index < -0.39 is 11.5 Å². The normalized spacial score (nSPS) is 17.6. The number of amides is 1. The Kier molecular flexibility index (Phi) is 6.77. The second-order valence-corrected chi connectivity index (χ2v) is 12.4. The van der Waals surface area contributed by atoms with Crippen molar-refractivity contribution in [1.29, 1.82) is 0 Å². The summed E-state index contributed by atoms with van der Waals surface area (Å²) in [6, 6.07) is 7.48. The van der Waals surface area contributed by atoms with Gasteiger partial charge in [-0.2, -0.15) is 0 Å². The Bertz CT molecular complexity index is 1520. The second kappa shape index (κ2) is 9.73. The van der Waals surface area contributed by atoms with Gasteiger partial charge in [0.2, 0.25) is 0 Å². The van der Waals surface area contributed by atoms with Crippen LogP contribution in [0.25, 0.3) is 0 Å². The van der Waals surface area contributed by atoms with Crippen LogP contribution in [0.5, 0.6) is 0 Å². The van der Waals surface area contributed by atoms with E-state index in [-0.39, 0.29) is 16.9 Å². The number of piperazine rings is 1. The molecule has 210 valence electrons. The highest BCUT2D eigenvalue weighted by Crippen LogP contribution is 2.43. The van der Waals surface area contributed by atoms with Crippen molar-refractivity contribution in [3.8, 4) is 0 Å². The number of anilines is 3. The van der Waals surface area contributed by atoms with Crippen molar-refractivity contribution in [2.24, 2.45) is 0 Å². The van der Waals surface area contributed by atoms with Crippen molar-refractivity contribution in [3.05, 3.63) is 69.3 Å². The number of aromatic carboxylic acids is 1. The smallest absolute Gasteiger partial charge is 0.337 e. The molecule has 0 unspecified atom stereocenters. The third-order valence-electron chi connectivity index (χ3n) is 8.14. The lowest BCUT2D eigenvalue weighted by Gasteiger charge is -2.47. The third kappa shape index (κ3) is 4.66. The quantitative estimate of drug-likeness (QED) is 0.456. The molecule has 0 radical (unpaired) electrons. The van der Waals surface area contributed by atoms with Crippen LogP contribution in [0.3, 0.4) is 0 Å². The third-order valence-corrected chi connectivity index (χ3v) is 8.36. The fourth-order valence-electron chi connectivity index (χ4n) is 5.97. The average Bonchev–Trinajstić information content (AvgIpc) is 3.15. The molecule has 0 atom stereocenters. The number of carbonyl (C=O) groups is 2. The van der Waals surface area contributed by atoms with Crippen molar-refractivity contribution in [1.82, 2.24) is 19.9 Å². The number of pyridine rings is 3. The van der Waals surface area contributed by atoms with Crippen LogP contribution in [-0.4, -0.2) is 68.6 Å². The lowest BCUT2D eigenvalue weighted by atomic mass is 9.91. The largest absolute Gasteiger partial charge is 0.478 e. The summed E-state index contributed by atoms with van der Waals surface area (Å²) in [4.78, 5) is 45.8. The molecule has 3 aromatic heterocycles. The van der Waals surface area contributed by atoms with Gasteiger partial charge in [-0.05, 0) is 70.0 Å². The summed E-state index contributed by atoms with van der Waals surface area (Å²) in [6.07, 6.45) is 1.63. The highest BCUT2D eigenvalue weighted by atomic mass is 35.5. The highest BCUT2D eigenvalue weighted by Gasteiger charge is 2.41. The van der Waals surface area contributed by atoms with Crippen LogP contribution in [0.4, 0.5) is 17.3 Å². The first-order valence-corrected chi connectivity index (χ1v) is 13.8. The number of hydrogen-bond donors (Lipinski definition) is 1. The molecule has 10 heteroatoms.